The van der Waals surface area contributed by atoms with Gasteiger partial charge in [-0.1, -0.05) is 6.07 Å². The van der Waals surface area contributed by atoms with E-state index in [4.69, 9.17) is 0 Å². The van der Waals surface area contributed by atoms with Gasteiger partial charge in [-0.25, -0.2) is 4.98 Å². The molecule has 0 aromatic carbocycles. The predicted octanol–water partition coefficient (Wildman–Crippen LogP) is 1.93. The van der Waals surface area contributed by atoms with E-state index < -0.39 is 0 Å². The Bertz CT molecular complexity index is 547. The normalized spacial score (nSPS) is 18.0. The van der Waals surface area contributed by atoms with Crippen molar-refractivity contribution in [1.29, 1.82) is 0 Å². The molecule has 3 rings (SSSR count). The predicted molar refractivity (Wildman–Crippen MR) is 75.1 cm³/mol. The maximum Gasteiger partial charge on any atom is 0.223 e. The Hall–Kier alpha value is -1.62. The van der Waals surface area contributed by atoms with Gasteiger partial charge in [0.15, 0.2) is 0 Å². The zero-order chi connectivity index (χ0) is 13.1. The lowest BCUT2D eigenvalue weighted by Gasteiger charge is -2.20. The van der Waals surface area contributed by atoms with Gasteiger partial charge in [0.2, 0.25) is 5.91 Å². The highest BCUT2D eigenvalue weighted by Crippen LogP contribution is 2.22. The lowest BCUT2D eigenvalue weighted by Crippen LogP contribution is -2.35. The van der Waals surface area contributed by atoms with Crippen molar-refractivity contribution in [1.82, 2.24) is 15.3 Å². The molecule has 1 aliphatic carbocycles. The average Bonchev–Trinajstić information content (AvgIpc) is 3.08. The number of aryl methyl sites for hydroxylation is 1. The van der Waals surface area contributed by atoms with Gasteiger partial charge in [-0.15, -0.1) is 11.3 Å². The number of fused-ring (bicyclic) bond motifs is 1. The highest BCUT2D eigenvalue weighted by atomic mass is 32.1. The molecule has 2 aromatic heterocycles. The molecule has 100 valence electrons. The Labute approximate surface area is 116 Å². The van der Waals surface area contributed by atoms with Gasteiger partial charge >= 0.3 is 0 Å². The smallest absolute Gasteiger partial charge is 0.223 e. The van der Waals surface area contributed by atoms with Crippen LogP contribution in [0.5, 0.6) is 0 Å². The van der Waals surface area contributed by atoms with Crippen LogP contribution in [0.2, 0.25) is 0 Å². The van der Waals surface area contributed by atoms with E-state index in [1.54, 1.807) is 17.7 Å². The summed E-state index contributed by atoms with van der Waals surface area (Å²) in [5, 5.41) is 5.11. The van der Waals surface area contributed by atoms with Crippen LogP contribution < -0.4 is 5.32 Å². The number of hydrogen-bond acceptors (Lipinski definition) is 3. The number of aromatic nitrogens is 2. The molecule has 1 amide bonds. The summed E-state index contributed by atoms with van der Waals surface area (Å²) in [6, 6.07) is 4.15. The third-order valence-corrected chi connectivity index (χ3v) is 4.55. The van der Waals surface area contributed by atoms with E-state index in [9.17, 15) is 4.79 Å². The van der Waals surface area contributed by atoms with E-state index in [1.807, 2.05) is 6.07 Å². The Kier molecular flexibility index (Phi) is 3.64. The van der Waals surface area contributed by atoms with Crippen molar-refractivity contribution in [2.75, 3.05) is 6.54 Å². The molecular formula is C14H17N3OS. The molecule has 0 aliphatic heterocycles. The van der Waals surface area contributed by atoms with Gasteiger partial charge in [0, 0.05) is 29.5 Å². The summed E-state index contributed by atoms with van der Waals surface area (Å²) in [6.45, 7) is 0.728. The lowest BCUT2D eigenvalue weighted by atomic mass is 9.89. The summed E-state index contributed by atoms with van der Waals surface area (Å²) in [4.78, 5) is 20.8. The van der Waals surface area contributed by atoms with Crippen molar-refractivity contribution in [3.63, 3.8) is 0 Å². The number of nitrogens with zero attached hydrogens (tertiary/aromatic N) is 1. The SMILES string of the molecule is O=C(NCCc1cccs1)[C@@H]1CCc2nc[nH]c2C1. The van der Waals surface area contributed by atoms with Crippen molar-refractivity contribution in [3.8, 4) is 0 Å². The molecule has 0 radical (unpaired) electrons. The molecule has 0 bridgehead atoms. The maximum absolute atomic E-state index is 12.1. The van der Waals surface area contributed by atoms with E-state index in [0.717, 1.165) is 43.6 Å². The van der Waals surface area contributed by atoms with Gasteiger partial charge in [0.1, 0.15) is 0 Å². The first-order valence-corrected chi connectivity index (χ1v) is 7.52. The number of thiophene rings is 1. The second-order valence-electron chi connectivity index (χ2n) is 4.89. The number of nitrogens with one attached hydrogen (secondary N) is 2. The molecule has 1 aliphatic rings. The van der Waals surface area contributed by atoms with Gasteiger partial charge in [-0.3, -0.25) is 4.79 Å². The molecular weight excluding hydrogens is 258 g/mol. The molecule has 0 fully saturated rings. The summed E-state index contributed by atoms with van der Waals surface area (Å²) in [6.07, 6.45) is 5.25. The molecule has 2 heterocycles. The number of carbonyl (C=O) groups is 1. The van der Waals surface area contributed by atoms with Gasteiger partial charge in [-0.05, 0) is 30.7 Å². The number of carbonyl (C=O) groups excluding carboxylic acids is 1. The van der Waals surface area contributed by atoms with Crippen LogP contribution in [-0.2, 0) is 24.1 Å². The van der Waals surface area contributed by atoms with Crippen molar-refractivity contribution >= 4 is 17.2 Å². The number of H-pyrrole nitrogens is 1. The number of aromatic amines is 1. The molecule has 2 aromatic rings. The zero-order valence-corrected chi connectivity index (χ0v) is 11.5. The molecule has 1 atom stereocenters. The first-order valence-electron chi connectivity index (χ1n) is 6.64. The lowest BCUT2D eigenvalue weighted by molar-refractivity contribution is -0.125. The Morgan fingerprint density at radius 1 is 1.58 bits per heavy atom. The van der Waals surface area contributed by atoms with Gasteiger partial charge in [0.05, 0.1) is 12.0 Å². The van der Waals surface area contributed by atoms with Crippen LogP contribution in [0.1, 0.15) is 22.7 Å². The quantitative estimate of drug-likeness (QED) is 0.896. The average molecular weight is 275 g/mol. The van der Waals surface area contributed by atoms with Crippen LogP contribution in [-0.4, -0.2) is 22.4 Å². The van der Waals surface area contributed by atoms with E-state index in [2.05, 4.69) is 26.7 Å². The minimum atomic E-state index is 0.0938. The molecule has 19 heavy (non-hydrogen) atoms. The van der Waals surface area contributed by atoms with E-state index >= 15 is 0 Å². The van der Waals surface area contributed by atoms with Gasteiger partial charge < -0.3 is 10.3 Å². The summed E-state index contributed by atoms with van der Waals surface area (Å²) in [7, 11) is 0. The molecule has 0 spiro atoms. The number of rotatable bonds is 4. The first-order chi connectivity index (χ1) is 9.33. The van der Waals surface area contributed by atoms with E-state index in [-0.39, 0.29) is 11.8 Å². The fourth-order valence-electron chi connectivity index (χ4n) is 2.53. The first kappa shape index (κ1) is 12.4. The molecule has 0 saturated heterocycles. The summed E-state index contributed by atoms with van der Waals surface area (Å²) in [5.74, 6) is 0.271. The fourth-order valence-corrected chi connectivity index (χ4v) is 3.24. The minimum Gasteiger partial charge on any atom is -0.355 e. The van der Waals surface area contributed by atoms with Gasteiger partial charge in [0.25, 0.3) is 0 Å². The molecule has 0 unspecified atom stereocenters. The third-order valence-electron chi connectivity index (χ3n) is 3.61. The van der Waals surface area contributed by atoms with Crippen LogP contribution >= 0.6 is 11.3 Å². The van der Waals surface area contributed by atoms with Crippen LogP contribution in [0.4, 0.5) is 0 Å². The van der Waals surface area contributed by atoms with Crippen LogP contribution in [0.3, 0.4) is 0 Å². The van der Waals surface area contributed by atoms with Crippen molar-refractivity contribution < 1.29 is 4.79 Å². The van der Waals surface area contributed by atoms with Crippen molar-refractivity contribution in [2.24, 2.45) is 5.92 Å². The van der Waals surface area contributed by atoms with Crippen LogP contribution in [0.15, 0.2) is 23.8 Å². The summed E-state index contributed by atoms with van der Waals surface area (Å²) < 4.78 is 0. The highest BCUT2D eigenvalue weighted by Gasteiger charge is 2.25. The summed E-state index contributed by atoms with van der Waals surface area (Å²) in [5.41, 5.74) is 2.26. The maximum atomic E-state index is 12.1. The minimum absolute atomic E-state index is 0.0938. The Balaban J connectivity index is 1.49. The van der Waals surface area contributed by atoms with Gasteiger partial charge in [-0.2, -0.15) is 0 Å². The highest BCUT2D eigenvalue weighted by molar-refractivity contribution is 7.09. The number of hydrogen-bond donors (Lipinski definition) is 2. The van der Waals surface area contributed by atoms with E-state index in [0.29, 0.717) is 0 Å². The third kappa shape index (κ3) is 2.87. The van der Waals surface area contributed by atoms with Crippen molar-refractivity contribution in [3.05, 3.63) is 40.1 Å². The number of amides is 1. The van der Waals surface area contributed by atoms with Crippen LogP contribution in [0.25, 0.3) is 0 Å². The fraction of sp³-hybridized carbons (Fsp3) is 0.429. The Morgan fingerprint density at radius 3 is 3.37 bits per heavy atom. The number of imidazole rings is 1. The monoisotopic (exact) mass is 275 g/mol. The molecule has 5 heteroatoms. The molecule has 4 nitrogen and oxygen atoms in total. The summed E-state index contributed by atoms with van der Waals surface area (Å²) >= 11 is 1.74. The Morgan fingerprint density at radius 2 is 2.53 bits per heavy atom. The second-order valence-corrected chi connectivity index (χ2v) is 5.92. The molecule has 2 N–H and O–H groups in total. The van der Waals surface area contributed by atoms with Crippen molar-refractivity contribution in [2.45, 2.75) is 25.7 Å². The second kappa shape index (κ2) is 5.57. The van der Waals surface area contributed by atoms with Crippen LogP contribution in [0, 0.1) is 5.92 Å². The topological polar surface area (TPSA) is 57.8 Å². The van der Waals surface area contributed by atoms with E-state index in [1.165, 1.54) is 4.88 Å². The standard InChI is InChI=1S/C14H17N3OS/c18-14(15-6-5-11-2-1-7-19-11)10-3-4-12-13(8-10)17-9-16-12/h1-2,7,9-10H,3-6,8H2,(H,15,18)(H,16,17)/t10-/m1/s1. The molecule has 0 saturated carbocycles. The largest absolute Gasteiger partial charge is 0.355 e. The zero-order valence-electron chi connectivity index (χ0n) is 10.7.